The maximum Gasteiger partial charge on any atom is 0.223 e. The normalized spacial score (nSPS) is 18.6. The Bertz CT molecular complexity index is 330. The van der Waals surface area contributed by atoms with Gasteiger partial charge >= 0.3 is 0 Å². The Kier molecular flexibility index (Phi) is 5.95. The van der Waals surface area contributed by atoms with E-state index in [1.54, 1.807) is 6.92 Å². The van der Waals surface area contributed by atoms with Crippen molar-refractivity contribution in [3.05, 3.63) is 0 Å². The molecule has 0 atom stereocenters. The lowest BCUT2D eigenvalue weighted by Gasteiger charge is -2.13. The molecule has 0 bridgehead atoms. The van der Waals surface area contributed by atoms with Gasteiger partial charge in [0, 0.05) is 18.2 Å². The molecule has 0 heterocycles. The summed E-state index contributed by atoms with van der Waals surface area (Å²) < 4.78 is 22.5. The molecule has 1 aliphatic carbocycles. The summed E-state index contributed by atoms with van der Waals surface area (Å²) >= 11 is 0. The first-order valence-electron chi connectivity index (χ1n) is 6.53. The fourth-order valence-corrected chi connectivity index (χ4v) is 2.86. The lowest BCUT2D eigenvalue weighted by atomic mass is 10.00. The van der Waals surface area contributed by atoms with Gasteiger partial charge in [-0.25, -0.2) is 8.42 Å². The molecule has 100 valence electrons. The van der Waals surface area contributed by atoms with E-state index < -0.39 is 9.84 Å². The summed E-state index contributed by atoms with van der Waals surface area (Å²) in [6.45, 7) is 1.88. The number of amides is 1. The molecule has 1 rings (SSSR count). The molecule has 1 aliphatic rings. The summed E-state index contributed by atoms with van der Waals surface area (Å²) in [5, 5.41) is 2.75. The van der Waals surface area contributed by atoms with Crippen molar-refractivity contribution < 1.29 is 13.2 Å². The van der Waals surface area contributed by atoms with Crippen LogP contribution < -0.4 is 5.32 Å². The van der Waals surface area contributed by atoms with E-state index in [1.807, 2.05) is 0 Å². The van der Waals surface area contributed by atoms with E-state index in [1.165, 1.54) is 12.8 Å². The molecule has 1 fully saturated rings. The Morgan fingerprint density at radius 2 is 1.76 bits per heavy atom. The van der Waals surface area contributed by atoms with Gasteiger partial charge in [-0.3, -0.25) is 4.79 Å². The third-order valence-corrected chi connectivity index (χ3v) is 5.08. The Morgan fingerprint density at radius 3 is 2.29 bits per heavy atom. The number of rotatable bonds is 5. The summed E-state index contributed by atoms with van der Waals surface area (Å²) in [6.07, 6.45) is 6.57. The predicted octanol–water partition coefficient (Wildman–Crippen LogP) is 1.51. The molecule has 5 heteroatoms. The van der Waals surface area contributed by atoms with Crippen LogP contribution in [0.15, 0.2) is 0 Å². The molecule has 0 radical (unpaired) electrons. The maximum atomic E-state index is 11.8. The largest absolute Gasteiger partial charge is 0.355 e. The zero-order valence-corrected chi connectivity index (χ0v) is 11.4. The first-order valence-corrected chi connectivity index (χ1v) is 8.35. The average molecular weight is 261 g/mol. The van der Waals surface area contributed by atoms with Crippen LogP contribution in [0.1, 0.15) is 45.4 Å². The summed E-state index contributed by atoms with van der Waals surface area (Å²) in [6, 6.07) is 0. The second kappa shape index (κ2) is 6.99. The molecule has 0 aliphatic heterocycles. The van der Waals surface area contributed by atoms with Crippen molar-refractivity contribution >= 4 is 15.7 Å². The van der Waals surface area contributed by atoms with Crippen molar-refractivity contribution in [2.24, 2.45) is 5.92 Å². The number of hydrogen-bond donors (Lipinski definition) is 1. The fourth-order valence-electron chi connectivity index (χ4n) is 2.16. The second-order valence-electron chi connectivity index (χ2n) is 4.72. The molecule has 0 aromatic heterocycles. The first-order chi connectivity index (χ1) is 8.05. The summed E-state index contributed by atoms with van der Waals surface area (Å²) in [5.41, 5.74) is 0. The molecule has 0 spiro atoms. The first kappa shape index (κ1) is 14.5. The highest BCUT2D eigenvalue weighted by Gasteiger charge is 2.19. The standard InChI is InChI=1S/C12H23NO3S/c1-2-17(15,16)10-9-13-12(14)11-7-5-3-4-6-8-11/h11H,2-10H2,1H3,(H,13,14). The zero-order chi connectivity index (χ0) is 12.7. The van der Waals surface area contributed by atoms with Crippen LogP contribution in [0.25, 0.3) is 0 Å². The van der Waals surface area contributed by atoms with Crippen LogP contribution in [0, 0.1) is 5.92 Å². The number of nitrogens with one attached hydrogen (secondary N) is 1. The van der Waals surface area contributed by atoms with Gasteiger partial charge in [0.15, 0.2) is 9.84 Å². The van der Waals surface area contributed by atoms with Crippen molar-refractivity contribution in [2.45, 2.75) is 45.4 Å². The monoisotopic (exact) mass is 261 g/mol. The number of hydrogen-bond acceptors (Lipinski definition) is 3. The molecule has 1 saturated carbocycles. The van der Waals surface area contributed by atoms with Crippen molar-refractivity contribution in [2.75, 3.05) is 18.1 Å². The molecular weight excluding hydrogens is 238 g/mol. The van der Waals surface area contributed by atoms with Gasteiger partial charge in [0.25, 0.3) is 0 Å². The van der Waals surface area contributed by atoms with Crippen LogP contribution in [0.2, 0.25) is 0 Å². The van der Waals surface area contributed by atoms with Crippen LogP contribution in [0.4, 0.5) is 0 Å². The zero-order valence-electron chi connectivity index (χ0n) is 10.6. The molecular formula is C12H23NO3S. The van der Waals surface area contributed by atoms with Crippen LogP contribution in [0.3, 0.4) is 0 Å². The Labute approximate surface area is 104 Å². The SMILES string of the molecule is CCS(=O)(=O)CCNC(=O)C1CCCCCC1. The van der Waals surface area contributed by atoms with Gasteiger partial charge in [0.1, 0.15) is 0 Å². The minimum absolute atomic E-state index is 0.0400. The molecule has 0 unspecified atom stereocenters. The number of carbonyl (C=O) groups is 1. The Balaban J connectivity index is 2.29. The van der Waals surface area contributed by atoms with Crippen LogP contribution >= 0.6 is 0 Å². The average Bonchev–Trinajstić information content (AvgIpc) is 2.57. The van der Waals surface area contributed by atoms with Crippen LogP contribution in [0.5, 0.6) is 0 Å². The molecule has 0 aromatic carbocycles. The van der Waals surface area contributed by atoms with Crippen molar-refractivity contribution in [1.82, 2.24) is 5.32 Å². The smallest absolute Gasteiger partial charge is 0.223 e. The molecule has 1 N–H and O–H groups in total. The quantitative estimate of drug-likeness (QED) is 0.763. The van der Waals surface area contributed by atoms with Crippen molar-refractivity contribution in [3.8, 4) is 0 Å². The van der Waals surface area contributed by atoms with E-state index >= 15 is 0 Å². The van der Waals surface area contributed by atoms with Gasteiger partial charge in [-0.1, -0.05) is 32.6 Å². The lowest BCUT2D eigenvalue weighted by Crippen LogP contribution is -2.34. The minimum atomic E-state index is -2.97. The van der Waals surface area contributed by atoms with E-state index in [0.29, 0.717) is 0 Å². The highest BCUT2D eigenvalue weighted by atomic mass is 32.2. The molecule has 0 saturated heterocycles. The van der Waals surface area contributed by atoms with Gasteiger partial charge in [-0.15, -0.1) is 0 Å². The third kappa shape index (κ3) is 5.52. The molecule has 1 amide bonds. The van der Waals surface area contributed by atoms with Crippen molar-refractivity contribution in [1.29, 1.82) is 0 Å². The molecule has 17 heavy (non-hydrogen) atoms. The summed E-state index contributed by atoms with van der Waals surface area (Å²) in [4.78, 5) is 11.8. The summed E-state index contributed by atoms with van der Waals surface area (Å²) in [5.74, 6) is 0.342. The molecule has 0 aromatic rings. The van der Waals surface area contributed by atoms with E-state index in [-0.39, 0.29) is 29.9 Å². The third-order valence-electron chi connectivity index (χ3n) is 3.38. The summed E-state index contributed by atoms with van der Waals surface area (Å²) in [7, 11) is -2.97. The van der Waals surface area contributed by atoms with Gasteiger partial charge in [-0.2, -0.15) is 0 Å². The predicted molar refractivity (Wildman–Crippen MR) is 68.5 cm³/mol. The van der Waals surface area contributed by atoms with Gasteiger partial charge in [0.05, 0.1) is 5.75 Å². The van der Waals surface area contributed by atoms with Gasteiger partial charge in [-0.05, 0) is 12.8 Å². The van der Waals surface area contributed by atoms with E-state index in [4.69, 9.17) is 0 Å². The minimum Gasteiger partial charge on any atom is -0.355 e. The number of carbonyl (C=O) groups excluding carboxylic acids is 1. The molecule has 4 nitrogen and oxygen atoms in total. The Hall–Kier alpha value is -0.580. The second-order valence-corrected chi connectivity index (χ2v) is 7.19. The topological polar surface area (TPSA) is 63.2 Å². The Morgan fingerprint density at radius 1 is 1.18 bits per heavy atom. The highest BCUT2D eigenvalue weighted by molar-refractivity contribution is 7.91. The van der Waals surface area contributed by atoms with Gasteiger partial charge < -0.3 is 5.32 Å². The van der Waals surface area contributed by atoms with Crippen molar-refractivity contribution in [3.63, 3.8) is 0 Å². The van der Waals surface area contributed by atoms with E-state index in [0.717, 1.165) is 25.7 Å². The van der Waals surface area contributed by atoms with Crippen LogP contribution in [-0.2, 0) is 14.6 Å². The fraction of sp³-hybridized carbons (Fsp3) is 0.917. The highest BCUT2D eigenvalue weighted by Crippen LogP contribution is 2.22. The van der Waals surface area contributed by atoms with E-state index in [9.17, 15) is 13.2 Å². The lowest BCUT2D eigenvalue weighted by molar-refractivity contribution is -0.125. The number of sulfone groups is 1. The van der Waals surface area contributed by atoms with Gasteiger partial charge in [0.2, 0.25) is 5.91 Å². The van der Waals surface area contributed by atoms with E-state index in [2.05, 4.69) is 5.32 Å². The van der Waals surface area contributed by atoms with Crippen LogP contribution in [-0.4, -0.2) is 32.4 Å². The maximum absolute atomic E-state index is 11.8.